The number of anilines is 1. The van der Waals surface area contributed by atoms with Crippen LogP contribution in [0.1, 0.15) is 42.5 Å². The van der Waals surface area contributed by atoms with Gasteiger partial charge < -0.3 is 10.2 Å². The summed E-state index contributed by atoms with van der Waals surface area (Å²) in [5, 5.41) is 11.4. The van der Waals surface area contributed by atoms with Gasteiger partial charge in [0.15, 0.2) is 4.34 Å². The first-order valence-corrected chi connectivity index (χ1v) is 13.1. The van der Waals surface area contributed by atoms with E-state index in [-0.39, 0.29) is 17.9 Å². The lowest BCUT2D eigenvalue weighted by Gasteiger charge is -2.33. The molecule has 3 aromatic rings. The van der Waals surface area contributed by atoms with Gasteiger partial charge in [-0.15, -0.1) is 10.2 Å². The van der Waals surface area contributed by atoms with E-state index in [1.165, 1.54) is 23.1 Å². The first kappa shape index (κ1) is 22.4. The summed E-state index contributed by atoms with van der Waals surface area (Å²) in [6.07, 6.45) is 4.98. The monoisotopic (exact) mass is 498 g/mol. The van der Waals surface area contributed by atoms with Crippen molar-refractivity contribution in [2.45, 2.75) is 53.4 Å². The standard InChI is InChI=1S/C24H23ClN4O2S2/c25-18-13-17(10-11-21(18)33-24-28-26-14-32-24)27-22(30)20-12-16-8-4-5-9-19(16)29(20)23(31)15-6-2-1-3-7-15/h1-3,6-7,10-11,13-14,16,19-20H,4-5,8-9,12H2,(H,27,30). The first-order chi connectivity index (χ1) is 16.1. The number of hydrogen-bond donors (Lipinski definition) is 1. The molecule has 2 fully saturated rings. The quantitative estimate of drug-likeness (QED) is 0.484. The molecule has 1 saturated carbocycles. The number of fused-ring (bicyclic) bond motifs is 1. The first-order valence-electron chi connectivity index (χ1n) is 11.0. The van der Waals surface area contributed by atoms with E-state index in [0.717, 1.165) is 34.9 Å². The third-order valence-corrected chi connectivity index (χ3v) is 8.66. The van der Waals surface area contributed by atoms with Crippen LogP contribution >= 0.6 is 34.7 Å². The lowest BCUT2D eigenvalue weighted by molar-refractivity contribution is -0.120. The van der Waals surface area contributed by atoms with Crippen molar-refractivity contribution in [3.8, 4) is 0 Å². The SMILES string of the molecule is O=C(Nc1ccc(Sc2nncs2)c(Cl)c1)C1CC2CCCCC2N1C(=O)c1ccccc1. The number of nitrogens with one attached hydrogen (secondary N) is 1. The second-order valence-electron chi connectivity index (χ2n) is 8.38. The van der Waals surface area contributed by atoms with Crippen LogP contribution < -0.4 is 5.32 Å². The van der Waals surface area contributed by atoms with Gasteiger partial charge in [-0.1, -0.05) is 65.7 Å². The Labute approximate surface area is 205 Å². The average molecular weight is 499 g/mol. The van der Waals surface area contributed by atoms with E-state index in [4.69, 9.17) is 11.6 Å². The minimum Gasteiger partial charge on any atom is -0.324 e. The predicted molar refractivity (Wildman–Crippen MR) is 131 cm³/mol. The summed E-state index contributed by atoms with van der Waals surface area (Å²) in [5.74, 6) is 0.151. The van der Waals surface area contributed by atoms with Gasteiger partial charge in [0.1, 0.15) is 11.6 Å². The Kier molecular flexibility index (Phi) is 6.66. The van der Waals surface area contributed by atoms with Crippen LogP contribution in [0.25, 0.3) is 0 Å². The Morgan fingerprint density at radius 1 is 1.12 bits per heavy atom. The maximum absolute atomic E-state index is 13.4. The molecule has 5 rings (SSSR count). The van der Waals surface area contributed by atoms with Crippen molar-refractivity contribution in [3.05, 3.63) is 64.6 Å². The molecule has 2 heterocycles. The number of aromatic nitrogens is 2. The molecular weight excluding hydrogens is 476 g/mol. The van der Waals surface area contributed by atoms with Gasteiger partial charge in [-0.2, -0.15) is 0 Å². The number of carbonyl (C=O) groups excluding carboxylic acids is 2. The second-order valence-corrected chi connectivity index (χ2v) is 10.9. The summed E-state index contributed by atoms with van der Waals surface area (Å²) in [7, 11) is 0. The van der Waals surface area contributed by atoms with Crippen molar-refractivity contribution < 1.29 is 9.59 Å². The molecule has 170 valence electrons. The van der Waals surface area contributed by atoms with Crippen molar-refractivity contribution in [2.75, 3.05) is 5.32 Å². The van der Waals surface area contributed by atoms with Crippen LogP contribution in [-0.4, -0.2) is 39.0 Å². The van der Waals surface area contributed by atoms with Gasteiger partial charge in [-0.25, -0.2) is 0 Å². The Hall–Kier alpha value is -2.42. The van der Waals surface area contributed by atoms with E-state index in [1.54, 1.807) is 11.6 Å². The largest absolute Gasteiger partial charge is 0.324 e. The Morgan fingerprint density at radius 3 is 2.70 bits per heavy atom. The zero-order valence-corrected chi connectivity index (χ0v) is 20.2. The summed E-state index contributed by atoms with van der Waals surface area (Å²) in [5.41, 5.74) is 2.92. The van der Waals surface area contributed by atoms with Crippen LogP contribution in [0.2, 0.25) is 5.02 Å². The van der Waals surface area contributed by atoms with Gasteiger partial charge in [0.2, 0.25) is 5.91 Å². The topological polar surface area (TPSA) is 75.2 Å². The number of rotatable bonds is 5. The molecule has 2 aromatic carbocycles. The highest BCUT2D eigenvalue weighted by Crippen LogP contribution is 2.41. The summed E-state index contributed by atoms with van der Waals surface area (Å²) < 4.78 is 0.803. The second kappa shape index (κ2) is 9.83. The van der Waals surface area contributed by atoms with E-state index >= 15 is 0 Å². The molecule has 3 atom stereocenters. The summed E-state index contributed by atoms with van der Waals surface area (Å²) in [6.45, 7) is 0. The van der Waals surface area contributed by atoms with Crippen molar-refractivity contribution in [1.82, 2.24) is 15.1 Å². The predicted octanol–water partition coefficient (Wildman–Crippen LogP) is 5.75. The van der Waals surface area contributed by atoms with Gasteiger partial charge in [0.25, 0.3) is 5.91 Å². The molecule has 9 heteroatoms. The fraction of sp³-hybridized carbons (Fsp3) is 0.333. The van der Waals surface area contributed by atoms with Crippen molar-refractivity contribution in [3.63, 3.8) is 0 Å². The minimum absolute atomic E-state index is 0.0630. The molecule has 3 unspecified atom stereocenters. The molecular formula is C24H23ClN4O2S2. The number of carbonyl (C=O) groups is 2. The van der Waals surface area contributed by atoms with Crippen molar-refractivity contribution in [2.24, 2.45) is 5.92 Å². The van der Waals surface area contributed by atoms with Crippen molar-refractivity contribution in [1.29, 1.82) is 0 Å². The Morgan fingerprint density at radius 2 is 1.94 bits per heavy atom. The number of likely N-dealkylation sites (tertiary alicyclic amines) is 1. The molecule has 1 N–H and O–H groups in total. The van der Waals surface area contributed by atoms with E-state index in [9.17, 15) is 9.59 Å². The third kappa shape index (κ3) is 4.78. The fourth-order valence-corrected chi connectivity index (χ4v) is 6.64. The summed E-state index contributed by atoms with van der Waals surface area (Å²) in [6, 6.07) is 14.3. The Bertz CT molecular complexity index is 1140. The highest BCUT2D eigenvalue weighted by Gasteiger charge is 2.47. The van der Waals surface area contributed by atoms with E-state index < -0.39 is 6.04 Å². The van der Waals surface area contributed by atoms with Gasteiger partial charge in [-0.3, -0.25) is 9.59 Å². The van der Waals surface area contributed by atoms with Gasteiger partial charge in [-0.05, 0) is 55.5 Å². The smallest absolute Gasteiger partial charge is 0.254 e. The molecule has 0 radical (unpaired) electrons. The van der Waals surface area contributed by atoms with Crippen molar-refractivity contribution >= 4 is 52.2 Å². The lowest BCUT2D eigenvalue weighted by Crippen LogP contribution is -2.47. The molecule has 6 nitrogen and oxygen atoms in total. The number of amides is 2. The number of nitrogens with zero attached hydrogens (tertiary/aromatic N) is 3. The molecule has 1 aromatic heterocycles. The zero-order valence-electron chi connectivity index (χ0n) is 17.8. The number of halogens is 1. The van der Waals surface area contributed by atoms with Gasteiger partial charge in [0.05, 0.1) is 5.02 Å². The molecule has 1 saturated heterocycles. The minimum atomic E-state index is -0.486. The molecule has 0 bridgehead atoms. The van der Waals surface area contributed by atoms with Gasteiger partial charge in [0, 0.05) is 22.2 Å². The molecule has 33 heavy (non-hydrogen) atoms. The van der Waals surface area contributed by atoms with Crippen LogP contribution in [0.4, 0.5) is 5.69 Å². The van der Waals surface area contributed by atoms with Crippen LogP contribution in [0.15, 0.2) is 63.3 Å². The molecule has 0 spiro atoms. The average Bonchev–Trinajstić information content (AvgIpc) is 3.49. The Balaban J connectivity index is 1.35. The highest BCUT2D eigenvalue weighted by atomic mass is 35.5. The van der Waals surface area contributed by atoms with Gasteiger partial charge >= 0.3 is 0 Å². The third-order valence-electron chi connectivity index (χ3n) is 6.38. The molecule has 1 aliphatic heterocycles. The lowest BCUT2D eigenvalue weighted by atomic mass is 9.84. The maximum Gasteiger partial charge on any atom is 0.254 e. The van der Waals surface area contributed by atoms with Crippen LogP contribution in [0.5, 0.6) is 0 Å². The molecule has 1 aliphatic carbocycles. The van der Waals surface area contributed by atoms with E-state index in [2.05, 4.69) is 15.5 Å². The van der Waals surface area contributed by atoms with E-state index in [1.807, 2.05) is 47.4 Å². The van der Waals surface area contributed by atoms with Crippen LogP contribution in [0.3, 0.4) is 0 Å². The normalized spacial score (nSPS) is 22.1. The summed E-state index contributed by atoms with van der Waals surface area (Å²) in [4.78, 5) is 29.5. The number of hydrogen-bond acceptors (Lipinski definition) is 6. The zero-order chi connectivity index (χ0) is 22.8. The maximum atomic E-state index is 13.4. The number of benzene rings is 2. The van der Waals surface area contributed by atoms with E-state index in [0.29, 0.717) is 28.6 Å². The summed E-state index contributed by atoms with van der Waals surface area (Å²) >= 11 is 9.35. The van der Waals surface area contributed by atoms with Crippen LogP contribution in [-0.2, 0) is 4.79 Å². The van der Waals surface area contributed by atoms with Crippen LogP contribution in [0, 0.1) is 5.92 Å². The fourth-order valence-electron chi connectivity index (χ4n) is 4.90. The highest BCUT2D eigenvalue weighted by molar-refractivity contribution is 8.01. The molecule has 2 amide bonds. The molecule has 2 aliphatic rings.